The molecule has 1 saturated heterocycles. The Bertz CT molecular complexity index is 2120. The molecule has 15 heteroatoms. The van der Waals surface area contributed by atoms with Crippen LogP contribution >= 0.6 is 0 Å². The zero-order valence-electron chi connectivity index (χ0n) is 35.8. The zero-order valence-corrected chi connectivity index (χ0v) is 36.7. The molecular weight excluding hydrogens is 789 g/mol. The van der Waals surface area contributed by atoms with Gasteiger partial charge in [0, 0.05) is 86.8 Å². The average molecular weight is 849 g/mol. The molecule has 0 aliphatic carbocycles. The summed E-state index contributed by atoms with van der Waals surface area (Å²) in [7, 11) is -3.07. The number of methoxy groups -OCH3 is 1. The first-order chi connectivity index (χ1) is 28.5. The number of benzene rings is 2. The van der Waals surface area contributed by atoms with Crippen molar-refractivity contribution in [3.63, 3.8) is 0 Å². The number of anilines is 1. The van der Waals surface area contributed by atoms with Gasteiger partial charge in [-0.15, -0.1) is 5.06 Å². The summed E-state index contributed by atoms with van der Waals surface area (Å²) >= 11 is 0. The molecule has 0 unspecified atom stereocenters. The number of amides is 3. The molecule has 3 amide bonds. The van der Waals surface area contributed by atoms with Crippen molar-refractivity contribution in [3.05, 3.63) is 77.0 Å². The number of fused-ring (bicyclic) bond motifs is 2. The van der Waals surface area contributed by atoms with Crippen molar-refractivity contribution in [3.8, 4) is 0 Å². The second-order valence-electron chi connectivity index (χ2n) is 16.6. The number of rotatable bonds is 22. The summed E-state index contributed by atoms with van der Waals surface area (Å²) in [5.41, 5.74) is 6.22. The Labute approximate surface area is 354 Å². The molecule has 0 saturated carbocycles. The van der Waals surface area contributed by atoms with Crippen LogP contribution in [-0.4, -0.2) is 98.6 Å². The highest BCUT2D eigenvalue weighted by Crippen LogP contribution is 2.48. The van der Waals surface area contributed by atoms with Crippen molar-refractivity contribution in [2.24, 2.45) is 0 Å². The van der Waals surface area contributed by atoms with Gasteiger partial charge in [0.2, 0.25) is 11.6 Å². The second-order valence-corrected chi connectivity index (χ2v) is 18.0. The van der Waals surface area contributed by atoms with E-state index in [2.05, 4.69) is 65.9 Å². The molecule has 1 fully saturated rings. The average Bonchev–Trinajstić information content (AvgIpc) is 3.70. The molecular formula is C45H60N4O10S. The smallest absolute Gasteiger partial charge is 0.333 e. The molecule has 2 aromatic carbocycles. The van der Waals surface area contributed by atoms with Gasteiger partial charge in [-0.3, -0.25) is 14.4 Å². The normalized spacial score (nSPS) is 17.6. The van der Waals surface area contributed by atoms with E-state index in [-0.39, 0.29) is 35.5 Å². The van der Waals surface area contributed by atoms with Crippen molar-refractivity contribution >= 4 is 50.9 Å². The maximum absolute atomic E-state index is 12.4. The monoisotopic (exact) mass is 848 g/mol. The standard InChI is InChI=1S/C45H60N4O10S/c1-32-18-20-36-34(30-32)44(2,3)38(47(36)25-11-7-9-16-40(50)46-24-27-58-29-28-57-6)14-13-15-39-45(4,5)35-31-33(60(54,55)56)19-21-37(35)48(39)26-12-8-10-17-43(53)59-49-41(51)22-23-42(49)52/h13-15,18-21,30-31H,7-12,16-17,22-29H2,1-6H3,(H-,46,50,54,55,56). The third kappa shape index (κ3) is 11.2. The van der Waals surface area contributed by atoms with E-state index in [1.54, 1.807) is 13.2 Å². The fourth-order valence-electron chi connectivity index (χ4n) is 8.16. The van der Waals surface area contributed by atoms with Gasteiger partial charge in [0.05, 0.1) is 30.1 Å². The number of hydrogen-bond donors (Lipinski definition) is 1. The van der Waals surface area contributed by atoms with E-state index in [4.69, 9.17) is 14.3 Å². The van der Waals surface area contributed by atoms with E-state index in [1.165, 1.54) is 23.3 Å². The minimum atomic E-state index is -4.69. The van der Waals surface area contributed by atoms with Crippen LogP contribution in [0.4, 0.5) is 11.4 Å². The van der Waals surface area contributed by atoms with Crippen LogP contribution in [0.2, 0.25) is 0 Å². The number of imide groups is 1. The number of hydrogen-bond acceptors (Lipinski definition) is 11. The Balaban J connectivity index is 1.30. The number of hydroxylamine groups is 2. The van der Waals surface area contributed by atoms with Crippen LogP contribution in [0.25, 0.3) is 0 Å². The predicted molar refractivity (Wildman–Crippen MR) is 226 cm³/mol. The number of ether oxygens (including phenoxy) is 2. The summed E-state index contributed by atoms with van der Waals surface area (Å²) in [6, 6.07) is 11.1. The highest BCUT2D eigenvalue weighted by Gasteiger charge is 2.45. The molecule has 14 nitrogen and oxygen atoms in total. The van der Waals surface area contributed by atoms with Crippen molar-refractivity contribution in [1.29, 1.82) is 0 Å². The Morgan fingerprint density at radius 3 is 2.32 bits per heavy atom. The largest absolute Gasteiger partial charge is 0.744 e. The molecule has 60 heavy (non-hydrogen) atoms. The van der Waals surface area contributed by atoms with Crippen LogP contribution in [0, 0.1) is 6.92 Å². The molecule has 0 spiro atoms. The highest BCUT2D eigenvalue weighted by molar-refractivity contribution is 7.85. The molecule has 1 N–H and O–H groups in total. The number of carbonyl (C=O) groups is 4. The van der Waals surface area contributed by atoms with Crippen LogP contribution in [0.5, 0.6) is 0 Å². The van der Waals surface area contributed by atoms with Gasteiger partial charge in [-0.05, 0) is 76.3 Å². The van der Waals surface area contributed by atoms with Crippen molar-refractivity contribution in [1.82, 2.24) is 10.4 Å². The van der Waals surface area contributed by atoms with Crippen LogP contribution in [0.15, 0.2) is 65.2 Å². The summed E-state index contributed by atoms with van der Waals surface area (Å²) in [4.78, 5) is 55.6. The van der Waals surface area contributed by atoms with E-state index in [0.717, 1.165) is 54.2 Å². The predicted octanol–water partition coefficient (Wildman–Crippen LogP) is 6.02. The van der Waals surface area contributed by atoms with Gasteiger partial charge in [0.1, 0.15) is 16.7 Å². The van der Waals surface area contributed by atoms with E-state index in [0.29, 0.717) is 63.7 Å². The Hall–Kier alpha value is -4.70. The highest BCUT2D eigenvalue weighted by atomic mass is 32.2. The van der Waals surface area contributed by atoms with Crippen LogP contribution in [0.1, 0.15) is 109 Å². The van der Waals surface area contributed by atoms with Gasteiger partial charge in [-0.1, -0.05) is 44.0 Å². The molecule has 0 aromatic heterocycles. The number of nitrogens with zero attached hydrogens (tertiary/aromatic N) is 3. The molecule has 3 heterocycles. The minimum Gasteiger partial charge on any atom is -0.744 e. The fourth-order valence-corrected chi connectivity index (χ4v) is 8.66. The van der Waals surface area contributed by atoms with Gasteiger partial charge in [-0.25, -0.2) is 13.2 Å². The van der Waals surface area contributed by atoms with E-state index in [9.17, 15) is 32.1 Å². The third-order valence-electron chi connectivity index (χ3n) is 11.5. The van der Waals surface area contributed by atoms with Gasteiger partial charge in [0.25, 0.3) is 11.8 Å². The van der Waals surface area contributed by atoms with E-state index in [1.807, 2.05) is 19.9 Å². The van der Waals surface area contributed by atoms with Crippen LogP contribution in [0.3, 0.4) is 0 Å². The number of carbonyl (C=O) groups excluding carboxylic acids is 4. The Morgan fingerprint density at radius 1 is 0.883 bits per heavy atom. The maximum Gasteiger partial charge on any atom is 0.333 e. The molecule has 3 aliphatic rings. The van der Waals surface area contributed by atoms with Gasteiger partial charge >= 0.3 is 5.97 Å². The SMILES string of the molecule is COCCOCCNC(=O)CCCCCN1C(=CC=CC2=[N+](CCCCCC(=O)ON3C(=O)CCC3=O)c3ccc(S(=O)(=O)[O-])cc3C2(C)C)C(C)(C)c2cc(C)ccc21. The third-order valence-corrected chi connectivity index (χ3v) is 12.3. The van der Waals surface area contributed by atoms with Gasteiger partial charge in [0.15, 0.2) is 5.71 Å². The van der Waals surface area contributed by atoms with Crippen molar-refractivity contribution in [2.45, 2.75) is 115 Å². The van der Waals surface area contributed by atoms with E-state index < -0.39 is 33.3 Å². The number of aryl methyl sites for hydroxylation is 1. The van der Waals surface area contributed by atoms with Gasteiger partial charge < -0.3 is 29.1 Å². The molecule has 2 aromatic rings. The molecule has 326 valence electrons. The quantitative estimate of drug-likeness (QED) is 0.0635. The van der Waals surface area contributed by atoms with Crippen molar-refractivity contribution < 1.29 is 51.0 Å². The topological polar surface area (TPSA) is 175 Å². The summed E-state index contributed by atoms with van der Waals surface area (Å²) < 4.78 is 48.8. The first kappa shape index (κ1) is 46.4. The Morgan fingerprint density at radius 2 is 1.60 bits per heavy atom. The van der Waals surface area contributed by atoms with Crippen LogP contribution < -0.4 is 10.2 Å². The lowest BCUT2D eigenvalue weighted by molar-refractivity contribution is -0.438. The first-order valence-electron chi connectivity index (χ1n) is 20.9. The lowest BCUT2D eigenvalue weighted by Crippen LogP contribution is -2.31. The molecule has 0 radical (unpaired) electrons. The molecule has 0 atom stereocenters. The number of allylic oxidation sites excluding steroid dienone is 4. The van der Waals surface area contributed by atoms with Crippen LogP contribution in [-0.2, 0) is 54.4 Å². The number of unbranched alkanes of at least 4 members (excludes halogenated alkanes) is 4. The summed E-state index contributed by atoms with van der Waals surface area (Å²) in [5, 5.41) is 3.48. The summed E-state index contributed by atoms with van der Waals surface area (Å²) in [5.74, 6) is -1.65. The Kier molecular flexibility index (Phi) is 15.6. The maximum atomic E-state index is 12.4. The zero-order chi connectivity index (χ0) is 43.7. The minimum absolute atomic E-state index is 0.0173. The number of nitrogens with one attached hydrogen (secondary N) is 1. The first-order valence-corrected chi connectivity index (χ1v) is 22.3. The molecule has 0 bridgehead atoms. The molecule has 5 rings (SSSR count). The fraction of sp³-hybridized carbons (Fsp3) is 0.533. The molecule has 3 aliphatic heterocycles. The summed E-state index contributed by atoms with van der Waals surface area (Å²) in [6.07, 6.45) is 11.2. The summed E-state index contributed by atoms with van der Waals surface area (Å²) in [6.45, 7) is 13.8. The lowest BCUT2D eigenvalue weighted by Gasteiger charge is -2.27. The van der Waals surface area contributed by atoms with Gasteiger partial charge in [-0.2, -0.15) is 4.58 Å². The second kappa shape index (κ2) is 20.2. The van der Waals surface area contributed by atoms with E-state index >= 15 is 0 Å². The van der Waals surface area contributed by atoms with Crippen molar-refractivity contribution in [2.75, 3.05) is 51.5 Å². The lowest BCUT2D eigenvalue weighted by atomic mass is 9.81.